The Balaban J connectivity index is 2.30. The molecule has 0 fully saturated rings. The largest absolute Gasteiger partial charge is 0.310 e. The first-order valence-electron chi connectivity index (χ1n) is 6.05. The van der Waals surface area contributed by atoms with Crippen molar-refractivity contribution in [3.05, 3.63) is 38.6 Å². The van der Waals surface area contributed by atoms with Gasteiger partial charge in [-0.2, -0.15) is 4.68 Å². The first kappa shape index (κ1) is 14.5. The van der Waals surface area contributed by atoms with Gasteiger partial charge >= 0.3 is 0 Å². The molecule has 2 aromatic rings. The summed E-state index contributed by atoms with van der Waals surface area (Å²) in [5.74, 6) is 0.607. The van der Waals surface area contributed by atoms with Gasteiger partial charge in [-0.15, -0.1) is 5.10 Å². The number of hydrogen-bond donors (Lipinski definition) is 1. The monoisotopic (exact) mass is 340 g/mol. The van der Waals surface area contributed by atoms with Crippen LogP contribution in [0.25, 0.3) is 5.69 Å². The van der Waals surface area contributed by atoms with Crippen molar-refractivity contribution in [2.75, 3.05) is 6.54 Å². The Hall–Kier alpha value is -1.87. The molecule has 0 bridgehead atoms. The van der Waals surface area contributed by atoms with E-state index in [1.165, 1.54) is 10.7 Å². The van der Waals surface area contributed by atoms with Crippen molar-refractivity contribution in [3.8, 4) is 5.69 Å². The van der Waals surface area contributed by atoms with Gasteiger partial charge in [0.15, 0.2) is 5.82 Å². The lowest BCUT2D eigenvalue weighted by Crippen LogP contribution is -2.17. The molecule has 106 valence electrons. The average Bonchev–Trinajstić information content (AvgIpc) is 2.88. The average molecular weight is 341 g/mol. The Morgan fingerprint density at radius 1 is 1.50 bits per heavy atom. The van der Waals surface area contributed by atoms with Gasteiger partial charge in [-0.3, -0.25) is 10.1 Å². The molecule has 9 heteroatoms. The van der Waals surface area contributed by atoms with E-state index < -0.39 is 4.92 Å². The van der Waals surface area contributed by atoms with Crippen molar-refractivity contribution in [2.45, 2.75) is 19.9 Å². The molecule has 0 aliphatic carbocycles. The smallest absolute Gasteiger partial charge is 0.285 e. The van der Waals surface area contributed by atoms with Crippen molar-refractivity contribution >= 4 is 21.6 Å². The second kappa shape index (κ2) is 6.53. The Bertz CT molecular complexity index is 615. The molecular weight excluding hydrogens is 328 g/mol. The number of nitro benzene ring substituents is 1. The normalized spacial score (nSPS) is 10.7. The third-order valence-corrected chi connectivity index (χ3v) is 3.29. The second-order valence-electron chi connectivity index (χ2n) is 4.08. The molecule has 0 amide bonds. The van der Waals surface area contributed by atoms with Crippen LogP contribution in [0.3, 0.4) is 0 Å². The fourth-order valence-corrected chi connectivity index (χ4v) is 2.06. The highest BCUT2D eigenvalue weighted by Gasteiger charge is 2.15. The fraction of sp³-hybridized carbons (Fsp3) is 0.364. The molecule has 0 aliphatic heterocycles. The zero-order valence-corrected chi connectivity index (χ0v) is 12.4. The lowest BCUT2D eigenvalue weighted by atomic mass is 10.3. The van der Waals surface area contributed by atoms with E-state index in [-0.39, 0.29) is 5.69 Å². The van der Waals surface area contributed by atoms with Crippen LogP contribution in [-0.4, -0.2) is 31.7 Å². The van der Waals surface area contributed by atoms with Crippen LogP contribution >= 0.6 is 15.9 Å². The first-order valence-corrected chi connectivity index (χ1v) is 6.85. The fourth-order valence-electron chi connectivity index (χ4n) is 1.67. The third kappa shape index (κ3) is 3.17. The van der Waals surface area contributed by atoms with Crippen molar-refractivity contribution in [3.63, 3.8) is 0 Å². The van der Waals surface area contributed by atoms with E-state index in [0.717, 1.165) is 13.0 Å². The first-order chi connectivity index (χ1) is 9.63. The number of nitrogens with zero attached hydrogens (tertiary/aromatic N) is 5. The van der Waals surface area contributed by atoms with Crippen LogP contribution in [-0.2, 0) is 6.54 Å². The van der Waals surface area contributed by atoms with Gasteiger partial charge in [0.25, 0.3) is 5.69 Å². The molecule has 0 unspecified atom stereocenters. The van der Waals surface area contributed by atoms with Gasteiger partial charge in [0, 0.05) is 6.07 Å². The molecule has 0 atom stereocenters. The number of aromatic nitrogens is 4. The van der Waals surface area contributed by atoms with Crippen molar-refractivity contribution in [2.24, 2.45) is 0 Å². The molecule has 2 rings (SSSR count). The van der Waals surface area contributed by atoms with Crippen LogP contribution in [0.1, 0.15) is 19.2 Å². The van der Waals surface area contributed by atoms with Crippen LogP contribution in [0, 0.1) is 10.1 Å². The zero-order chi connectivity index (χ0) is 14.5. The number of nitro groups is 1. The van der Waals surface area contributed by atoms with Gasteiger partial charge in [0.2, 0.25) is 0 Å². The summed E-state index contributed by atoms with van der Waals surface area (Å²) in [5, 5.41) is 25.5. The second-order valence-corrected chi connectivity index (χ2v) is 4.93. The quantitative estimate of drug-likeness (QED) is 0.489. The highest BCUT2D eigenvalue weighted by Crippen LogP contribution is 2.27. The summed E-state index contributed by atoms with van der Waals surface area (Å²) in [4.78, 5) is 10.5. The molecule has 0 radical (unpaired) electrons. The van der Waals surface area contributed by atoms with Crippen LogP contribution < -0.4 is 5.32 Å². The van der Waals surface area contributed by atoms with Crippen LogP contribution in [0.15, 0.2) is 22.7 Å². The van der Waals surface area contributed by atoms with Gasteiger partial charge in [-0.05, 0) is 51.5 Å². The lowest BCUT2D eigenvalue weighted by molar-refractivity contribution is -0.385. The number of benzene rings is 1. The van der Waals surface area contributed by atoms with Crippen molar-refractivity contribution < 1.29 is 4.92 Å². The summed E-state index contributed by atoms with van der Waals surface area (Å²) >= 11 is 3.15. The van der Waals surface area contributed by atoms with Gasteiger partial charge in [0.1, 0.15) is 0 Å². The van der Waals surface area contributed by atoms with E-state index in [9.17, 15) is 10.1 Å². The maximum Gasteiger partial charge on any atom is 0.285 e. The number of tetrazole rings is 1. The highest BCUT2D eigenvalue weighted by molar-refractivity contribution is 9.10. The predicted octanol–water partition coefficient (Wildman–Crippen LogP) is 1.83. The van der Waals surface area contributed by atoms with Gasteiger partial charge in [0.05, 0.1) is 21.6 Å². The lowest BCUT2D eigenvalue weighted by Gasteiger charge is -2.06. The summed E-state index contributed by atoms with van der Waals surface area (Å²) in [5.41, 5.74) is 0.531. The highest BCUT2D eigenvalue weighted by atomic mass is 79.9. The maximum absolute atomic E-state index is 10.9. The summed E-state index contributed by atoms with van der Waals surface area (Å²) in [6.45, 7) is 3.42. The van der Waals surface area contributed by atoms with E-state index in [4.69, 9.17) is 0 Å². The van der Waals surface area contributed by atoms with Crippen LogP contribution in [0.2, 0.25) is 0 Å². The minimum atomic E-state index is -0.451. The van der Waals surface area contributed by atoms with Gasteiger partial charge in [-0.25, -0.2) is 0 Å². The Morgan fingerprint density at radius 2 is 2.30 bits per heavy atom. The summed E-state index contributed by atoms with van der Waals surface area (Å²) < 4.78 is 1.91. The molecule has 0 spiro atoms. The number of halogens is 1. The minimum absolute atomic E-state index is 0.0227. The molecule has 0 saturated heterocycles. The van der Waals surface area contributed by atoms with Crippen LogP contribution in [0.5, 0.6) is 0 Å². The third-order valence-electron chi connectivity index (χ3n) is 2.61. The van der Waals surface area contributed by atoms with Gasteiger partial charge < -0.3 is 5.32 Å². The standard InChI is InChI=1S/C11H13BrN6O2/c1-2-5-13-7-11-14-15-16-17(11)8-3-4-9(12)10(6-8)18(19)20/h3-4,6,13H,2,5,7H2,1H3. The number of hydrogen-bond acceptors (Lipinski definition) is 6. The zero-order valence-electron chi connectivity index (χ0n) is 10.8. The molecule has 0 aliphatic rings. The van der Waals surface area contributed by atoms with E-state index in [1.54, 1.807) is 12.1 Å². The van der Waals surface area contributed by atoms with E-state index in [0.29, 0.717) is 22.5 Å². The molecule has 8 nitrogen and oxygen atoms in total. The summed E-state index contributed by atoms with van der Waals surface area (Å²) in [6, 6.07) is 4.76. The SMILES string of the molecule is CCCNCc1nnnn1-c1ccc(Br)c([N+](=O)[O-])c1. The Kier molecular flexibility index (Phi) is 4.74. The minimum Gasteiger partial charge on any atom is -0.310 e. The molecule has 20 heavy (non-hydrogen) atoms. The van der Waals surface area contributed by atoms with E-state index in [1.807, 2.05) is 0 Å². The van der Waals surface area contributed by atoms with Crippen molar-refractivity contribution in [1.29, 1.82) is 0 Å². The number of rotatable bonds is 6. The van der Waals surface area contributed by atoms with Gasteiger partial charge in [-0.1, -0.05) is 6.92 Å². The topological polar surface area (TPSA) is 98.8 Å². The predicted molar refractivity (Wildman–Crippen MR) is 75.5 cm³/mol. The maximum atomic E-state index is 10.9. The molecule has 1 aromatic carbocycles. The summed E-state index contributed by atoms with van der Waals surface area (Å²) in [7, 11) is 0. The Morgan fingerprint density at radius 3 is 3.00 bits per heavy atom. The molecule has 1 N–H and O–H groups in total. The Labute approximate surface area is 123 Å². The van der Waals surface area contributed by atoms with E-state index >= 15 is 0 Å². The molecular formula is C11H13BrN6O2. The van der Waals surface area contributed by atoms with Crippen LogP contribution in [0.4, 0.5) is 5.69 Å². The molecule has 0 saturated carbocycles. The van der Waals surface area contributed by atoms with Crippen molar-refractivity contribution in [1.82, 2.24) is 25.5 Å². The molecule has 1 heterocycles. The van der Waals surface area contributed by atoms with E-state index in [2.05, 4.69) is 43.7 Å². The number of nitrogens with one attached hydrogen (secondary N) is 1. The summed E-state index contributed by atoms with van der Waals surface area (Å²) in [6.07, 6.45) is 1.01. The molecule has 1 aromatic heterocycles.